The summed E-state index contributed by atoms with van der Waals surface area (Å²) < 4.78 is 13.9. The standard InChI is InChI=1S/C9H8N2O3S.C8H4N2O2S.C6H7NO3.C6H7NO2S/c1-14-9(13)8-6(3-5-15-8)11-7(12)2-4-10;9-3-4-6(11)7-5(1-2-13-7)10-8(4)12;1-3-10-6(9)4-5(8)7-2;1-9-6(8)5-4(7)2-3-10-5/h3,5H,2H2,1H3,(H,11,12);1-2H,(H2,10,11,12);3-4H2,1H3;2-3H,7H2,1H3. The molecule has 19 heteroatoms. The van der Waals surface area contributed by atoms with Crippen molar-refractivity contribution in [1.29, 1.82) is 10.5 Å². The molecule has 0 saturated heterocycles. The second-order valence-corrected chi connectivity index (χ2v) is 10.9. The number of carbonyl (C=O) groups excluding carboxylic acids is 5. The molecule has 0 fully saturated rings. The van der Waals surface area contributed by atoms with Crippen LogP contribution in [0.1, 0.15) is 44.7 Å². The molecule has 0 spiro atoms. The van der Waals surface area contributed by atoms with Crippen molar-refractivity contribution in [2.45, 2.75) is 19.8 Å². The summed E-state index contributed by atoms with van der Waals surface area (Å²) in [6.07, 6.45) is -0.673. The van der Waals surface area contributed by atoms with Gasteiger partial charge < -0.3 is 40.1 Å². The summed E-state index contributed by atoms with van der Waals surface area (Å²) in [6, 6.07) is 8.33. The Morgan fingerprint density at radius 2 is 1.62 bits per heavy atom. The molecule has 0 aliphatic rings. The monoisotopic (exact) mass is 714 g/mol. The van der Waals surface area contributed by atoms with E-state index in [0.29, 0.717) is 31.3 Å². The van der Waals surface area contributed by atoms with Crippen molar-refractivity contribution >= 4 is 85.3 Å². The highest BCUT2D eigenvalue weighted by Gasteiger charge is 2.15. The van der Waals surface area contributed by atoms with Crippen LogP contribution in [-0.4, -0.2) is 60.6 Å². The van der Waals surface area contributed by atoms with E-state index in [4.69, 9.17) is 22.8 Å². The molecule has 4 heterocycles. The van der Waals surface area contributed by atoms with Gasteiger partial charge in [0.15, 0.2) is 11.3 Å². The average Bonchev–Trinajstić information content (AvgIpc) is 3.83. The Hall–Kier alpha value is -6.07. The number of nitrogens with zero attached hydrogens (tertiary/aromatic N) is 3. The van der Waals surface area contributed by atoms with Gasteiger partial charge in [0.25, 0.3) is 5.56 Å². The first-order chi connectivity index (χ1) is 22.9. The first-order valence-electron chi connectivity index (χ1n) is 12.9. The second-order valence-electron chi connectivity index (χ2n) is 8.17. The molecule has 4 rings (SSSR count). The second kappa shape index (κ2) is 20.9. The van der Waals surface area contributed by atoms with Crippen LogP contribution in [0, 0.1) is 29.2 Å². The van der Waals surface area contributed by atoms with Crippen molar-refractivity contribution in [2.75, 3.05) is 31.9 Å². The number of aromatic hydroxyl groups is 1. The smallest absolute Gasteiger partial charge is 0.366 e. The molecule has 0 aromatic carbocycles. The topological polar surface area (TPSA) is 256 Å². The lowest BCUT2D eigenvalue weighted by atomic mass is 10.2. The third kappa shape index (κ3) is 12.4. The fraction of sp³-hybridized carbons (Fsp3) is 0.207. The van der Waals surface area contributed by atoms with Crippen molar-refractivity contribution in [1.82, 2.24) is 4.98 Å². The van der Waals surface area contributed by atoms with Crippen LogP contribution in [0.2, 0.25) is 0 Å². The molecule has 5 N–H and O–H groups in total. The minimum Gasteiger partial charge on any atom is -0.505 e. The lowest BCUT2D eigenvalue weighted by Crippen LogP contribution is -2.12. The molecule has 0 atom stereocenters. The number of fused-ring (bicyclic) bond motifs is 1. The third-order valence-corrected chi connectivity index (χ3v) is 7.77. The van der Waals surface area contributed by atoms with E-state index in [9.17, 15) is 33.9 Å². The van der Waals surface area contributed by atoms with E-state index < -0.39 is 35.7 Å². The fourth-order valence-corrected chi connectivity index (χ4v) is 5.28. The number of aromatic nitrogens is 1. The van der Waals surface area contributed by atoms with Gasteiger partial charge >= 0.3 is 23.8 Å². The van der Waals surface area contributed by atoms with E-state index in [2.05, 4.69) is 29.4 Å². The van der Waals surface area contributed by atoms with E-state index in [1.807, 2.05) is 0 Å². The number of methoxy groups -OCH3 is 2. The molecule has 0 bridgehead atoms. The van der Waals surface area contributed by atoms with Crippen LogP contribution < -0.4 is 16.6 Å². The highest BCUT2D eigenvalue weighted by Crippen LogP contribution is 2.28. The lowest BCUT2D eigenvalue weighted by Gasteiger charge is -2.02. The Labute approximate surface area is 284 Å². The zero-order valence-corrected chi connectivity index (χ0v) is 27.8. The number of nitrogens with one attached hydrogen (secondary N) is 2. The Bertz CT molecular complexity index is 1940. The van der Waals surface area contributed by atoms with Crippen LogP contribution in [0.15, 0.2) is 39.1 Å². The molecule has 0 radical (unpaired) electrons. The average molecular weight is 715 g/mol. The number of nitrogen functional groups attached to an aromatic ring is 1. The van der Waals surface area contributed by atoms with Gasteiger partial charge in [-0.05, 0) is 41.3 Å². The van der Waals surface area contributed by atoms with Gasteiger partial charge in [-0.15, -0.1) is 34.0 Å². The van der Waals surface area contributed by atoms with Gasteiger partial charge in [0.1, 0.15) is 28.7 Å². The van der Waals surface area contributed by atoms with Crippen LogP contribution >= 0.6 is 34.0 Å². The molecule has 0 aliphatic heterocycles. The zero-order valence-electron chi connectivity index (χ0n) is 25.4. The number of hydrogen-bond donors (Lipinski definition) is 4. The van der Waals surface area contributed by atoms with Crippen molar-refractivity contribution in [3.8, 4) is 17.9 Å². The van der Waals surface area contributed by atoms with Gasteiger partial charge in [-0.1, -0.05) is 0 Å². The Morgan fingerprint density at radius 3 is 2.17 bits per heavy atom. The van der Waals surface area contributed by atoms with Gasteiger partial charge in [-0.2, -0.15) is 15.4 Å². The predicted octanol–water partition coefficient (Wildman–Crippen LogP) is 4.06. The number of carbonyl (C=O) groups is 5. The third-order valence-electron chi connectivity index (χ3n) is 5.05. The molecule has 16 nitrogen and oxygen atoms in total. The van der Waals surface area contributed by atoms with E-state index in [0.717, 1.165) is 0 Å². The largest absolute Gasteiger partial charge is 0.505 e. The van der Waals surface area contributed by atoms with Crippen LogP contribution in [-0.2, 0) is 28.6 Å². The van der Waals surface area contributed by atoms with Crippen LogP contribution in [0.3, 0.4) is 0 Å². The number of aromatic amines is 1. The number of anilines is 2. The number of esters is 3. The van der Waals surface area contributed by atoms with Gasteiger partial charge in [0.05, 0.1) is 55.1 Å². The molecule has 250 valence electrons. The van der Waals surface area contributed by atoms with E-state index in [1.54, 1.807) is 53.4 Å². The molecule has 48 heavy (non-hydrogen) atoms. The van der Waals surface area contributed by atoms with E-state index >= 15 is 0 Å². The molecule has 0 aliphatic carbocycles. The van der Waals surface area contributed by atoms with Gasteiger partial charge in [0.2, 0.25) is 5.91 Å². The highest BCUT2D eigenvalue weighted by molar-refractivity contribution is 7.17. The molecule has 4 aromatic rings. The number of amides is 2. The number of nitriles is 2. The van der Waals surface area contributed by atoms with Crippen molar-refractivity contribution in [3.05, 3.63) is 71.4 Å². The summed E-state index contributed by atoms with van der Waals surface area (Å²) in [5, 5.41) is 34.0. The molecule has 4 aromatic heterocycles. The number of H-pyrrole nitrogens is 1. The first kappa shape index (κ1) is 40.0. The van der Waals surface area contributed by atoms with E-state index in [1.165, 1.54) is 48.2 Å². The molecular weight excluding hydrogens is 689 g/mol. The van der Waals surface area contributed by atoms with Crippen molar-refractivity contribution < 1.29 is 43.3 Å². The number of nitrogens with two attached hydrogens (primary N) is 1. The zero-order chi connectivity index (χ0) is 36.2. The molecular formula is C29H26N6O10S3. The van der Waals surface area contributed by atoms with Gasteiger partial charge in [-0.25, -0.2) is 9.59 Å². The maximum absolute atomic E-state index is 11.2. The summed E-state index contributed by atoms with van der Waals surface area (Å²) in [5.41, 5.74) is 6.08. The fourth-order valence-electron chi connectivity index (χ4n) is 2.98. The number of hydrogen-bond acceptors (Lipinski definition) is 16. The minimum absolute atomic E-state index is 0.226. The summed E-state index contributed by atoms with van der Waals surface area (Å²) in [6.45, 7) is 8.08. The van der Waals surface area contributed by atoms with Crippen molar-refractivity contribution in [3.63, 3.8) is 0 Å². The number of rotatable bonds is 7. The highest BCUT2D eigenvalue weighted by atomic mass is 32.1. The quantitative estimate of drug-likeness (QED) is 0.0913. The summed E-state index contributed by atoms with van der Waals surface area (Å²) in [7, 11) is 2.60. The number of ether oxygens (including phenoxy) is 3. The summed E-state index contributed by atoms with van der Waals surface area (Å²) in [4.78, 5) is 70.7. The Balaban J connectivity index is 0.000000325. The number of thiophene rings is 3. The lowest BCUT2D eigenvalue weighted by molar-refractivity contribution is -0.144. The maximum atomic E-state index is 11.2. The molecule has 0 saturated carbocycles. The maximum Gasteiger partial charge on any atom is 0.366 e. The Morgan fingerprint density at radius 1 is 1.02 bits per heavy atom. The van der Waals surface area contributed by atoms with Gasteiger partial charge in [-0.3, -0.25) is 14.4 Å². The predicted molar refractivity (Wildman–Crippen MR) is 176 cm³/mol. The van der Waals surface area contributed by atoms with Crippen LogP contribution in [0.4, 0.5) is 11.4 Å². The number of pyridine rings is 1. The van der Waals surface area contributed by atoms with Crippen LogP contribution in [0.5, 0.6) is 5.75 Å². The normalized spacial score (nSPS) is 9.17. The summed E-state index contributed by atoms with van der Waals surface area (Å²) in [5.74, 6) is -2.95. The first-order valence-corrected chi connectivity index (χ1v) is 15.5. The molecule has 0 unspecified atom stereocenters. The van der Waals surface area contributed by atoms with Gasteiger partial charge in [0, 0.05) is 0 Å². The van der Waals surface area contributed by atoms with Crippen LogP contribution in [0.25, 0.3) is 15.1 Å². The Kier molecular flexibility index (Phi) is 17.4. The SMILES string of the molecule is COC(=O)c1sccc1N.COC(=O)c1sccc1NC(=O)CC#N.N#Cc1c(O)c2sccc2[nH]c1=O.[C-]#[N+]C(=O)CC(=O)OCC. The minimum atomic E-state index is -0.779. The van der Waals surface area contributed by atoms with E-state index in [-0.39, 0.29) is 30.3 Å². The summed E-state index contributed by atoms with van der Waals surface area (Å²) >= 11 is 3.73. The molecule has 2 amide bonds. The van der Waals surface area contributed by atoms with Crippen molar-refractivity contribution in [2.24, 2.45) is 0 Å².